The van der Waals surface area contributed by atoms with Crippen LogP contribution in [0.1, 0.15) is 63.3 Å². The van der Waals surface area contributed by atoms with E-state index < -0.39 is 0 Å². The average Bonchev–Trinajstić information content (AvgIpc) is 3.07. The molecule has 0 aliphatic carbocycles. The Bertz CT molecular complexity index is 956. The molecule has 1 amide bonds. The number of rotatable bonds is 5. The van der Waals surface area contributed by atoms with E-state index in [4.69, 9.17) is 0 Å². The summed E-state index contributed by atoms with van der Waals surface area (Å²) >= 11 is 0. The monoisotopic (exact) mass is 377 g/mol. The normalized spacial score (nSPS) is 26.1. The standard InChI is InChI=1S/C24H31N3O/c1-3-8-21(28)25-16-17-15-24(4-2)12-7-13-26-14-11-19-18-9-5-6-10-20(18)27(17)22(19)23(24)26/h5-6,9-10,15,23H,3-4,7-8,11-14,16H2,1-2H3,(H,25,28)/t23-,24+/m1/s1. The molecule has 2 aromatic rings. The zero-order chi connectivity index (χ0) is 19.3. The number of amides is 1. The summed E-state index contributed by atoms with van der Waals surface area (Å²) in [6.07, 6.45) is 8.83. The van der Waals surface area contributed by atoms with Crippen LogP contribution in [0, 0.1) is 5.41 Å². The summed E-state index contributed by atoms with van der Waals surface area (Å²) in [5, 5.41) is 4.60. The largest absolute Gasteiger partial charge is 0.351 e. The van der Waals surface area contributed by atoms with Gasteiger partial charge in [-0.3, -0.25) is 9.69 Å². The predicted octanol–water partition coefficient (Wildman–Crippen LogP) is 4.50. The van der Waals surface area contributed by atoms with E-state index in [0.717, 1.165) is 19.3 Å². The van der Waals surface area contributed by atoms with Crippen LogP contribution in [0.25, 0.3) is 16.6 Å². The maximum absolute atomic E-state index is 12.2. The Hall–Kier alpha value is -2.07. The first-order chi connectivity index (χ1) is 13.7. The van der Waals surface area contributed by atoms with Gasteiger partial charge < -0.3 is 9.88 Å². The molecule has 1 fully saturated rings. The molecule has 2 atom stereocenters. The molecular weight excluding hydrogens is 346 g/mol. The van der Waals surface area contributed by atoms with Crippen molar-refractivity contribution in [3.05, 3.63) is 41.6 Å². The van der Waals surface area contributed by atoms with E-state index in [2.05, 4.69) is 59.0 Å². The Balaban J connectivity index is 1.68. The molecule has 3 aliphatic rings. The summed E-state index contributed by atoms with van der Waals surface area (Å²) < 4.78 is 2.49. The van der Waals surface area contributed by atoms with Gasteiger partial charge in [-0.2, -0.15) is 0 Å². The SMILES string of the molecule is CCCC(=O)NCC1=C[C@]2(CC)CCCN3CCc4c(n1c1ccccc41)[C@@H]32. The number of nitrogens with one attached hydrogen (secondary N) is 1. The topological polar surface area (TPSA) is 37.3 Å². The summed E-state index contributed by atoms with van der Waals surface area (Å²) in [6, 6.07) is 9.33. The Kier molecular flexibility index (Phi) is 4.35. The lowest BCUT2D eigenvalue weighted by Gasteiger charge is -2.53. The molecule has 28 heavy (non-hydrogen) atoms. The summed E-state index contributed by atoms with van der Waals surface area (Å²) in [5.41, 5.74) is 5.82. The second-order valence-electron chi connectivity index (χ2n) is 8.76. The van der Waals surface area contributed by atoms with Crippen LogP contribution in [-0.4, -0.2) is 35.0 Å². The molecule has 0 bridgehead atoms. The molecular formula is C24H31N3O. The minimum atomic E-state index is 0.159. The second kappa shape index (κ2) is 6.77. The highest BCUT2D eigenvalue weighted by Crippen LogP contribution is 2.56. The minimum absolute atomic E-state index is 0.159. The Morgan fingerprint density at radius 1 is 1.25 bits per heavy atom. The fourth-order valence-electron chi connectivity index (χ4n) is 6.02. The third-order valence-corrected chi connectivity index (χ3v) is 7.27. The van der Waals surface area contributed by atoms with E-state index in [1.165, 1.54) is 48.2 Å². The molecule has 0 radical (unpaired) electrons. The number of piperidine rings is 1. The van der Waals surface area contributed by atoms with Crippen molar-refractivity contribution in [2.24, 2.45) is 5.41 Å². The molecule has 1 saturated heterocycles. The lowest BCUT2D eigenvalue weighted by molar-refractivity contribution is -0.120. The van der Waals surface area contributed by atoms with E-state index in [0.29, 0.717) is 19.0 Å². The molecule has 1 N–H and O–H groups in total. The molecule has 0 saturated carbocycles. The first-order valence-corrected chi connectivity index (χ1v) is 11.0. The van der Waals surface area contributed by atoms with Crippen LogP contribution < -0.4 is 5.32 Å². The van der Waals surface area contributed by atoms with Gasteiger partial charge in [0.1, 0.15) is 0 Å². The zero-order valence-electron chi connectivity index (χ0n) is 17.1. The van der Waals surface area contributed by atoms with Crippen molar-refractivity contribution < 1.29 is 4.79 Å². The van der Waals surface area contributed by atoms with Gasteiger partial charge in [-0.05, 0) is 50.3 Å². The smallest absolute Gasteiger partial charge is 0.220 e. The highest BCUT2D eigenvalue weighted by atomic mass is 16.1. The maximum Gasteiger partial charge on any atom is 0.220 e. The van der Waals surface area contributed by atoms with Crippen molar-refractivity contribution in [2.45, 2.75) is 58.4 Å². The highest BCUT2D eigenvalue weighted by molar-refractivity contribution is 5.90. The molecule has 5 rings (SSSR count). The van der Waals surface area contributed by atoms with Gasteiger partial charge in [0, 0.05) is 35.2 Å². The third-order valence-electron chi connectivity index (χ3n) is 7.27. The van der Waals surface area contributed by atoms with Crippen LogP contribution in [0.5, 0.6) is 0 Å². The van der Waals surface area contributed by atoms with Gasteiger partial charge in [-0.25, -0.2) is 0 Å². The number of benzene rings is 1. The first kappa shape index (κ1) is 18.0. The van der Waals surface area contributed by atoms with Crippen LogP contribution in [0.3, 0.4) is 0 Å². The fourth-order valence-corrected chi connectivity index (χ4v) is 6.02. The van der Waals surface area contributed by atoms with Crippen molar-refractivity contribution in [3.8, 4) is 0 Å². The van der Waals surface area contributed by atoms with Crippen molar-refractivity contribution in [1.29, 1.82) is 0 Å². The summed E-state index contributed by atoms with van der Waals surface area (Å²) in [6.45, 7) is 7.41. The maximum atomic E-state index is 12.2. The van der Waals surface area contributed by atoms with Crippen molar-refractivity contribution in [2.75, 3.05) is 19.6 Å². The number of hydrogen-bond acceptors (Lipinski definition) is 2. The van der Waals surface area contributed by atoms with Gasteiger partial charge in [0.25, 0.3) is 0 Å². The second-order valence-corrected chi connectivity index (χ2v) is 8.76. The van der Waals surface area contributed by atoms with Crippen molar-refractivity contribution >= 4 is 22.5 Å². The number of carbonyl (C=O) groups excluding carboxylic acids is 1. The van der Waals surface area contributed by atoms with Crippen molar-refractivity contribution in [1.82, 2.24) is 14.8 Å². The zero-order valence-corrected chi connectivity index (χ0v) is 17.1. The van der Waals surface area contributed by atoms with Crippen LogP contribution in [0.15, 0.2) is 30.3 Å². The molecule has 1 aromatic carbocycles. The summed E-state index contributed by atoms with van der Waals surface area (Å²) in [5.74, 6) is 0.159. The van der Waals surface area contributed by atoms with E-state index >= 15 is 0 Å². The van der Waals surface area contributed by atoms with E-state index in [-0.39, 0.29) is 11.3 Å². The molecule has 4 heteroatoms. The van der Waals surface area contributed by atoms with Gasteiger partial charge >= 0.3 is 0 Å². The molecule has 4 nitrogen and oxygen atoms in total. The number of para-hydroxylation sites is 1. The number of nitrogens with zero attached hydrogens (tertiary/aromatic N) is 2. The molecule has 4 heterocycles. The number of fused-ring (bicyclic) bond motifs is 3. The minimum Gasteiger partial charge on any atom is -0.351 e. The lowest BCUT2D eigenvalue weighted by atomic mass is 9.66. The van der Waals surface area contributed by atoms with Gasteiger partial charge in [-0.1, -0.05) is 38.1 Å². The molecule has 0 spiro atoms. The van der Waals surface area contributed by atoms with E-state index in [1.807, 2.05) is 0 Å². The lowest BCUT2D eigenvalue weighted by Crippen LogP contribution is -2.51. The van der Waals surface area contributed by atoms with Gasteiger partial charge in [0.2, 0.25) is 5.91 Å². The predicted molar refractivity (Wildman–Crippen MR) is 114 cm³/mol. The van der Waals surface area contributed by atoms with Gasteiger partial charge in [0.05, 0.1) is 18.1 Å². The Morgan fingerprint density at radius 3 is 2.93 bits per heavy atom. The van der Waals surface area contributed by atoms with Crippen LogP contribution in [-0.2, 0) is 11.2 Å². The average molecular weight is 378 g/mol. The Labute approximate surface area is 167 Å². The molecule has 1 aromatic heterocycles. The highest BCUT2D eigenvalue weighted by Gasteiger charge is 2.50. The van der Waals surface area contributed by atoms with Crippen LogP contribution in [0.4, 0.5) is 0 Å². The Morgan fingerprint density at radius 2 is 2.11 bits per heavy atom. The molecule has 3 aliphatic heterocycles. The van der Waals surface area contributed by atoms with Crippen LogP contribution >= 0.6 is 0 Å². The summed E-state index contributed by atoms with van der Waals surface area (Å²) in [7, 11) is 0. The number of aromatic nitrogens is 1. The van der Waals surface area contributed by atoms with Gasteiger partial charge in [-0.15, -0.1) is 0 Å². The first-order valence-electron chi connectivity index (χ1n) is 11.0. The summed E-state index contributed by atoms with van der Waals surface area (Å²) in [4.78, 5) is 14.9. The fraction of sp³-hybridized carbons (Fsp3) is 0.542. The third kappa shape index (κ3) is 2.50. The van der Waals surface area contributed by atoms with Gasteiger partial charge in [0.15, 0.2) is 0 Å². The number of carbonyl (C=O) groups is 1. The quantitative estimate of drug-likeness (QED) is 0.833. The van der Waals surface area contributed by atoms with Crippen molar-refractivity contribution in [3.63, 3.8) is 0 Å². The molecule has 148 valence electrons. The number of hydrogen-bond donors (Lipinski definition) is 1. The molecule has 0 unspecified atom stereocenters. The van der Waals surface area contributed by atoms with E-state index in [9.17, 15) is 4.79 Å². The van der Waals surface area contributed by atoms with E-state index in [1.54, 1.807) is 5.56 Å². The van der Waals surface area contributed by atoms with Crippen LogP contribution in [0.2, 0.25) is 0 Å².